The van der Waals surface area contributed by atoms with E-state index in [1.165, 1.54) is 6.07 Å². The zero-order valence-corrected chi connectivity index (χ0v) is 14.8. The van der Waals surface area contributed by atoms with Gasteiger partial charge in [0.2, 0.25) is 0 Å². The van der Waals surface area contributed by atoms with Crippen molar-refractivity contribution in [2.24, 2.45) is 0 Å². The summed E-state index contributed by atoms with van der Waals surface area (Å²) in [5, 5.41) is 13.2. The first-order chi connectivity index (χ1) is 12.9. The summed E-state index contributed by atoms with van der Waals surface area (Å²) < 4.78 is 51.7. The van der Waals surface area contributed by atoms with E-state index >= 15 is 0 Å². The quantitative estimate of drug-likeness (QED) is 0.877. The minimum absolute atomic E-state index is 0.0330. The molecule has 2 aromatic rings. The Hall–Kier alpha value is -2.20. The van der Waals surface area contributed by atoms with E-state index in [9.17, 15) is 13.2 Å². The minimum atomic E-state index is -4.64. The molecule has 2 aliphatic rings. The van der Waals surface area contributed by atoms with Gasteiger partial charge in [-0.05, 0) is 54.4 Å². The van der Waals surface area contributed by atoms with Crippen LogP contribution in [-0.2, 0) is 10.9 Å². The maximum Gasteiger partial charge on any atom is 0.453 e. The largest absolute Gasteiger partial charge is 0.496 e. The Balaban J connectivity index is 1.68. The SMILES string of the molecule is COc1ccc(-n2nnnc2C(F)(F)F)cc1[C@@H]1CO[C@]2(CCCNC2)C1. The van der Waals surface area contributed by atoms with Crippen LogP contribution in [-0.4, -0.2) is 52.6 Å². The van der Waals surface area contributed by atoms with Gasteiger partial charge in [-0.15, -0.1) is 5.10 Å². The normalized spacial score (nSPS) is 25.9. The van der Waals surface area contributed by atoms with E-state index in [2.05, 4.69) is 20.8 Å². The Bertz CT molecular complexity index is 817. The second kappa shape index (κ2) is 6.75. The van der Waals surface area contributed by atoms with E-state index < -0.39 is 12.0 Å². The van der Waals surface area contributed by atoms with Crippen LogP contribution >= 0.6 is 0 Å². The molecule has 146 valence electrons. The number of halogens is 3. The van der Waals surface area contributed by atoms with Crippen molar-refractivity contribution in [2.75, 3.05) is 26.8 Å². The van der Waals surface area contributed by atoms with Crippen molar-refractivity contribution in [2.45, 2.75) is 37.0 Å². The molecule has 2 fully saturated rings. The van der Waals surface area contributed by atoms with Gasteiger partial charge < -0.3 is 14.8 Å². The number of piperidine rings is 1. The van der Waals surface area contributed by atoms with Crippen LogP contribution in [0.2, 0.25) is 0 Å². The average molecular weight is 383 g/mol. The molecule has 0 bridgehead atoms. The first-order valence-electron chi connectivity index (χ1n) is 8.80. The molecule has 1 aromatic carbocycles. The Morgan fingerprint density at radius 1 is 1.37 bits per heavy atom. The predicted octanol–water partition coefficient (Wildman–Crippen LogP) is 2.32. The molecule has 1 N–H and O–H groups in total. The van der Waals surface area contributed by atoms with Crippen molar-refractivity contribution >= 4 is 0 Å². The van der Waals surface area contributed by atoms with Gasteiger partial charge in [0.15, 0.2) is 0 Å². The molecule has 2 atom stereocenters. The fourth-order valence-corrected chi connectivity index (χ4v) is 3.99. The lowest BCUT2D eigenvalue weighted by atomic mass is 9.84. The lowest BCUT2D eigenvalue weighted by molar-refractivity contribution is -0.146. The first-order valence-corrected chi connectivity index (χ1v) is 8.80. The monoisotopic (exact) mass is 383 g/mol. The number of hydrogen-bond acceptors (Lipinski definition) is 6. The van der Waals surface area contributed by atoms with Crippen molar-refractivity contribution in [3.63, 3.8) is 0 Å². The van der Waals surface area contributed by atoms with Gasteiger partial charge in [-0.2, -0.15) is 17.9 Å². The summed E-state index contributed by atoms with van der Waals surface area (Å²) >= 11 is 0. The van der Waals surface area contributed by atoms with Gasteiger partial charge in [0, 0.05) is 18.0 Å². The van der Waals surface area contributed by atoms with Gasteiger partial charge >= 0.3 is 6.18 Å². The van der Waals surface area contributed by atoms with Gasteiger partial charge in [0.05, 0.1) is 25.0 Å². The van der Waals surface area contributed by atoms with Crippen LogP contribution in [0.25, 0.3) is 5.69 Å². The van der Waals surface area contributed by atoms with Crippen LogP contribution in [0.4, 0.5) is 13.2 Å². The third-order valence-corrected chi connectivity index (χ3v) is 5.26. The molecule has 1 spiro atoms. The number of rotatable bonds is 3. The van der Waals surface area contributed by atoms with E-state index in [0.29, 0.717) is 17.0 Å². The van der Waals surface area contributed by atoms with Gasteiger partial charge in [-0.3, -0.25) is 0 Å². The van der Waals surface area contributed by atoms with Crippen molar-refractivity contribution in [3.05, 3.63) is 29.6 Å². The van der Waals surface area contributed by atoms with Crippen molar-refractivity contribution in [1.82, 2.24) is 25.5 Å². The van der Waals surface area contributed by atoms with Crippen LogP contribution in [0, 0.1) is 0 Å². The van der Waals surface area contributed by atoms with Crippen LogP contribution < -0.4 is 10.1 Å². The summed E-state index contributed by atoms with van der Waals surface area (Å²) in [5.41, 5.74) is 0.836. The van der Waals surface area contributed by atoms with E-state index in [1.807, 2.05) is 0 Å². The number of hydrogen-bond donors (Lipinski definition) is 1. The zero-order chi connectivity index (χ0) is 19.1. The highest BCUT2D eigenvalue weighted by Gasteiger charge is 2.43. The molecular formula is C17H20F3N5O2. The third-order valence-electron chi connectivity index (χ3n) is 5.26. The number of alkyl halides is 3. The number of tetrazole rings is 1. The summed E-state index contributed by atoms with van der Waals surface area (Å²) in [6, 6.07) is 4.83. The highest BCUT2D eigenvalue weighted by Crippen LogP contribution is 2.43. The highest BCUT2D eigenvalue weighted by atomic mass is 19.4. The zero-order valence-electron chi connectivity index (χ0n) is 14.8. The molecule has 0 aliphatic carbocycles. The van der Waals surface area contributed by atoms with Gasteiger partial charge in [0.1, 0.15) is 5.75 Å². The molecule has 0 amide bonds. The van der Waals surface area contributed by atoms with Crippen LogP contribution in [0.15, 0.2) is 18.2 Å². The smallest absolute Gasteiger partial charge is 0.453 e. The molecule has 0 saturated carbocycles. The molecule has 7 nitrogen and oxygen atoms in total. The molecule has 0 radical (unpaired) electrons. The third kappa shape index (κ3) is 3.39. The van der Waals surface area contributed by atoms with Crippen molar-refractivity contribution < 1.29 is 22.6 Å². The van der Waals surface area contributed by atoms with Gasteiger partial charge in [-0.1, -0.05) is 0 Å². The van der Waals surface area contributed by atoms with E-state index in [4.69, 9.17) is 9.47 Å². The molecule has 2 saturated heterocycles. The molecule has 10 heteroatoms. The number of nitrogens with zero attached hydrogens (tertiary/aromatic N) is 4. The topological polar surface area (TPSA) is 74.1 Å². The molecule has 2 aliphatic heterocycles. The van der Waals surface area contributed by atoms with Gasteiger partial charge in [0.25, 0.3) is 5.82 Å². The second-order valence-corrected chi connectivity index (χ2v) is 7.01. The van der Waals surface area contributed by atoms with Crippen molar-refractivity contribution in [1.29, 1.82) is 0 Å². The Labute approximate surface area is 153 Å². The fourth-order valence-electron chi connectivity index (χ4n) is 3.99. The number of aromatic nitrogens is 4. The molecule has 3 heterocycles. The number of benzene rings is 1. The Morgan fingerprint density at radius 2 is 2.22 bits per heavy atom. The molecule has 0 unspecified atom stereocenters. The molecule has 27 heavy (non-hydrogen) atoms. The lowest BCUT2D eigenvalue weighted by Gasteiger charge is -2.33. The average Bonchev–Trinajstić information content (AvgIpc) is 3.29. The van der Waals surface area contributed by atoms with E-state index in [-0.39, 0.29) is 17.2 Å². The standard InChI is InChI=1S/C17H20F3N5O2/c1-26-14-4-3-12(25-15(17(18,19)20)22-23-24-25)7-13(14)11-8-16(27-9-11)5-2-6-21-10-16/h3-4,7,11,21H,2,5-6,8-10H2,1H3/t11-,16+/m0/s1. The first kappa shape index (κ1) is 18.2. The van der Waals surface area contributed by atoms with Crippen molar-refractivity contribution in [3.8, 4) is 11.4 Å². The second-order valence-electron chi connectivity index (χ2n) is 7.01. The summed E-state index contributed by atoms with van der Waals surface area (Å²) in [7, 11) is 1.55. The number of methoxy groups -OCH3 is 1. The highest BCUT2D eigenvalue weighted by molar-refractivity contribution is 5.46. The lowest BCUT2D eigenvalue weighted by Crippen LogP contribution is -2.45. The number of nitrogens with one attached hydrogen (secondary N) is 1. The molecule has 1 aromatic heterocycles. The molecule has 4 rings (SSSR count). The van der Waals surface area contributed by atoms with E-state index in [0.717, 1.165) is 37.9 Å². The minimum Gasteiger partial charge on any atom is -0.496 e. The van der Waals surface area contributed by atoms with E-state index in [1.54, 1.807) is 19.2 Å². The number of ether oxygens (including phenoxy) is 2. The summed E-state index contributed by atoms with van der Waals surface area (Å²) in [6.45, 7) is 2.27. The predicted molar refractivity (Wildman–Crippen MR) is 88.9 cm³/mol. The molecular weight excluding hydrogens is 363 g/mol. The Kier molecular flexibility index (Phi) is 4.55. The summed E-state index contributed by atoms with van der Waals surface area (Å²) in [5.74, 6) is -0.505. The Morgan fingerprint density at radius 3 is 2.93 bits per heavy atom. The summed E-state index contributed by atoms with van der Waals surface area (Å²) in [6.07, 6.45) is -1.83. The van der Waals surface area contributed by atoms with Crippen LogP contribution in [0.1, 0.15) is 36.6 Å². The maximum absolute atomic E-state index is 13.1. The maximum atomic E-state index is 13.1. The van der Waals surface area contributed by atoms with Gasteiger partial charge in [-0.25, -0.2) is 0 Å². The summed E-state index contributed by atoms with van der Waals surface area (Å²) in [4.78, 5) is 0. The van der Waals surface area contributed by atoms with Crippen LogP contribution in [0.3, 0.4) is 0 Å². The van der Waals surface area contributed by atoms with Crippen LogP contribution in [0.5, 0.6) is 5.75 Å². The fraction of sp³-hybridized carbons (Fsp3) is 0.588.